The number of rotatable bonds is 5. The van der Waals surface area contributed by atoms with Gasteiger partial charge in [-0.1, -0.05) is 18.3 Å². The van der Waals surface area contributed by atoms with Crippen LogP contribution in [0.2, 0.25) is 0 Å². The maximum Gasteiger partial charge on any atom is 0.235 e. The Balaban J connectivity index is 1.67. The highest BCUT2D eigenvalue weighted by atomic mass is 32.1. The normalized spacial score (nSPS) is 11.0. The molecule has 1 aromatic carbocycles. The Morgan fingerprint density at radius 1 is 1.00 bits per heavy atom. The molecule has 24 heavy (non-hydrogen) atoms. The first-order chi connectivity index (χ1) is 11.8. The predicted octanol–water partition coefficient (Wildman–Crippen LogP) is 3.70. The lowest BCUT2D eigenvalue weighted by molar-refractivity contribution is 0.317. The molecule has 0 radical (unpaired) electrons. The fraction of sp³-hybridized carbons (Fsp3) is 0.176. The monoisotopic (exact) mass is 337 g/mol. The third-order valence-corrected chi connectivity index (χ3v) is 4.45. The summed E-state index contributed by atoms with van der Waals surface area (Å²) in [6.45, 7) is 2.82. The zero-order valence-corrected chi connectivity index (χ0v) is 13.9. The second-order valence-electron chi connectivity index (χ2n) is 5.23. The van der Waals surface area contributed by atoms with E-state index in [1.807, 2.05) is 36.4 Å². The molecule has 0 spiro atoms. The van der Waals surface area contributed by atoms with Crippen LogP contribution in [0.15, 0.2) is 48.8 Å². The standard InChI is InChI=1S/C17H15N5OS/c1-2-11-23-14-5-3-13(4-6-14)16-21-22-15(19-20-17(22)24-16)12-7-9-18-10-8-12/h3-10H,2,11H2,1H3. The van der Waals surface area contributed by atoms with Crippen molar-refractivity contribution in [2.24, 2.45) is 0 Å². The van der Waals surface area contributed by atoms with Crippen LogP contribution >= 0.6 is 11.3 Å². The van der Waals surface area contributed by atoms with Crippen LogP contribution in [-0.4, -0.2) is 31.4 Å². The van der Waals surface area contributed by atoms with Crippen molar-refractivity contribution in [1.29, 1.82) is 0 Å². The third-order valence-electron chi connectivity index (χ3n) is 3.50. The largest absolute Gasteiger partial charge is 0.494 e. The number of hydrogen-bond donors (Lipinski definition) is 0. The molecule has 4 aromatic rings. The van der Waals surface area contributed by atoms with Gasteiger partial charge < -0.3 is 4.74 Å². The van der Waals surface area contributed by atoms with Crippen molar-refractivity contribution in [3.8, 4) is 27.7 Å². The van der Waals surface area contributed by atoms with E-state index >= 15 is 0 Å². The highest BCUT2D eigenvalue weighted by molar-refractivity contribution is 7.19. The quantitative estimate of drug-likeness (QED) is 0.555. The van der Waals surface area contributed by atoms with Crippen molar-refractivity contribution in [3.05, 3.63) is 48.8 Å². The number of benzene rings is 1. The molecule has 3 aromatic heterocycles. The molecule has 7 heteroatoms. The highest BCUT2D eigenvalue weighted by Crippen LogP contribution is 2.29. The molecule has 0 fully saturated rings. The summed E-state index contributed by atoms with van der Waals surface area (Å²) in [5, 5.41) is 14.0. The number of ether oxygens (including phenoxy) is 1. The second-order valence-corrected chi connectivity index (χ2v) is 6.19. The zero-order chi connectivity index (χ0) is 16.4. The molecule has 120 valence electrons. The van der Waals surface area contributed by atoms with Crippen molar-refractivity contribution in [1.82, 2.24) is 24.8 Å². The van der Waals surface area contributed by atoms with Gasteiger partial charge in [0.2, 0.25) is 4.96 Å². The average Bonchev–Trinajstić information content (AvgIpc) is 3.22. The second kappa shape index (κ2) is 6.37. The highest BCUT2D eigenvalue weighted by Gasteiger charge is 2.14. The van der Waals surface area contributed by atoms with Crippen molar-refractivity contribution < 1.29 is 4.74 Å². The molecule has 0 bridgehead atoms. The lowest BCUT2D eigenvalue weighted by Crippen LogP contribution is -1.94. The predicted molar refractivity (Wildman–Crippen MR) is 93.1 cm³/mol. The number of hydrogen-bond acceptors (Lipinski definition) is 6. The third kappa shape index (κ3) is 2.74. The minimum atomic E-state index is 0.720. The van der Waals surface area contributed by atoms with Crippen LogP contribution in [0, 0.1) is 0 Å². The Bertz CT molecular complexity index is 946. The maximum absolute atomic E-state index is 5.62. The van der Waals surface area contributed by atoms with Gasteiger partial charge in [0.05, 0.1) is 6.61 Å². The Kier molecular flexibility index (Phi) is 3.92. The SMILES string of the molecule is CCCOc1ccc(-c2nn3c(-c4ccncc4)nnc3s2)cc1. The number of nitrogens with zero attached hydrogens (tertiary/aromatic N) is 5. The minimum Gasteiger partial charge on any atom is -0.494 e. The molecule has 4 rings (SSSR count). The van der Waals surface area contributed by atoms with Crippen LogP contribution in [0.1, 0.15) is 13.3 Å². The lowest BCUT2D eigenvalue weighted by atomic mass is 10.2. The van der Waals surface area contributed by atoms with Crippen LogP contribution in [0.25, 0.3) is 26.9 Å². The zero-order valence-electron chi connectivity index (χ0n) is 13.1. The molecule has 0 unspecified atom stereocenters. The summed E-state index contributed by atoms with van der Waals surface area (Å²) in [6.07, 6.45) is 4.47. The Labute approximate surface area is 142 Å². The van der Waals surface area contributed by atoms with E-state index in [9.17, 15) is 0 Å². The molecule has 0 saturated carbocycles. The summed E-state index contributed by atoms with van der Waals surface area (Å²) in [5.74, 6) is 1.60. The summed E-state index contributed by atoms with van der Waals surface area (Å²) in [7, 11) is 0. The molecule has 0 aliphatic carbocycles. The molecule has 0 atom stereocenters. The van der Waals surface area contributed by atoms with Crippen LogP contribution in [0.5, 0.6) is 5.75 Å². The van der Waals surface area contributed by atoms with Crippen molar-refractivity contribution in [2.75, 3.05) is 6.61 Å². The van der Waals surface area contributed by atoms with Gasteiger partial charge in [0.25, 0.3) is 0 Å². The Morgan fingerprint density at radius 2 is 1.79 bits per heavy atom. The van der Waals surface area contributed by atoms with Crippen LogP contribution in [0.3, 0.4) is 0 Å². The Hall–Kier alpha value is -2.80. The summed E-state index contributed by atoms with van der Waals surface area (Å²) < 4.78 is 7.39. The van der Waals surface area contributed by atoms with Gasteiger partial charge in [0.1, 0.15) is 10.8 Å². The maximum atomic E-state index is 5.62. The number of pyridine rings is 1. The fourth-order valence-corrected chi connectivity index (χ4v) is 3.17. The topological polar surface area (TPSA) is 65.2 Å². The van der Waals surface area contributed by atoms with Gasteiger partial charge in [0.15, 0.2) is 5.82 Å². The van der Waals surface area contributed by atoms with E-state index in [2.05, 4.69) is 27.2 Å². The minimum absolute atomic E-state index is 0.720. The molecular formula is C17H15N5OS. The molecule has 0 saturated heterocycles. The van der Waals surface area contributed by atoms with Gasteiger partial charge in [0, 0.05) is 23.5 Å². The van der Waals surface area contributed by atoms with Gasteiger partial charge >= 0.3 is 0 Å². The molecule has 3 heterocycles. The van der Waals surface area contributed by atoms with E-state index in [-0.39, 0.29) is 0 Å². The van der Waals surface area contributed by atoms with E-state index in [0.717, 1.165) is 45.7 Å². The summed E-state index contributed by atoms with van der Waals surface area (Å²) in [4.78, 5) is 4.80. The summed E-state index contributed by atoms with van der Waals surface area (Å²) in [5.41, 5.74) is 1.98. The fourth-order valence-electron chi connectivity index (χ4n) is 2.33. The Morgan fingerprint density at radius 3 is 2.54 bits per heavy atom. The van der Waals surface area contributed by atoms with E-state index in [1.54, 1.807) is 16.9 Å². The van der Waals surface area contributed by atoms with Crippen LogP contribution < -0.4 is 4.74 Å². The summed E-state index contributed by atoms with van der Waals surface area (Å²) >= 11 is 1.51. The molecule has 0 aliphatic rings. The number of fused-ring (bicyclic) bond motifs is 1. The van der Waals surface area contributed by atoms with E-state index in [1.165, 1.54) is 11.3 Å². The first-order valence-corrected chi connectivity index (χ1v) is 8.52. The van der Waals surface area contributed by atoms with Gasteiger partial charge in [-0.2, -0.15) is 9.61 Å². The van der Waals surface area contributed by atoms with Crippen molar-refractivity contribution >= 4 is 16.3 Å². The van der Waals surface area contributed by atoms with Crippen molar-refractivity contribution in [3.63, 3.8) is 0 Å². The average molecular weight is 337 g/mol. The van der Waals surface area contributed by atoms with Gasteiger partial charge in [-0.05, 0) is 42.8 Å². The first kappa shape index (κ1) is 14.8. The van der Waals surface area contributed by atoms with Gasteiger partial charge in [-0.15, -0.1) is 10.2 Å². The van der Waals surface area contributed by atoms with Gasteiger partial charge in [-0.3, -0.25) is 4.98 Å². The van der Waals surface area contributed by atoms with E-state index in [4.69, 9.17) is 4.74 Å². The van der Waals surface area contributed by atoms with Gasteiger partial charge in [-0.25, -0.2) is 0 Å². The number of aromatic nitrogens is 5. The van der Waals surface area contributed by atoms with Crippen LogP contribution in [-0.2, 0) is 0 Å². The molecule has 0 N–H and O–H groups in total. The molecule has 0 aliphatic heterocycles. The van der Waals surface area contributed by atoms with E-state index in [0.29, 0.717) is 0 Å². The molecule has 0 amide bonds. The lowest BCUT2D eigenvalue weighted by Gasteiger charge is -2.04. The molecular weight excluding hydrogens is 322 g/mol. The molecule has 6 nitrogen and oxygen atoms in total. The first-order valence-electron chi connectivity index (χ1n) is 7.71. The van der Waals surface area contributed by atoms with Crippen molar-refractivity contribution in [2.45, 2.75) is 13.3 Å². The smallest absolute Gasteiger partial charge is 0.235 e. The van der Waals surface area contributed by atoms with Crippen LogP contribution in [0.4, 0.5) is 0 Å². The summed E-state index contributed by atoms with van der Waals surface area (Å²) in [6, 6.07) is 11.8. The van der Waals surface area contributed by atoms with E-state index < -0.39 is 0 Å².